The van der Waals surface area contributed by atoms with Crippen molar-refractivity contribution in [1.29, 1.82) is 0 Å². The van der Waals surface area contributed by atoms with Crippen LogP contribution in [0, 0.1) is 17.8 Å². The maximum atomic E-state index is 10.5. The molecular formula is C22H40O5. The Labute approximate surface area is 164 Å². The average molecular weight is 385 g/mol. The van der Waals surface area contributed by atoms with Crippen LogP contribution in [-0.2, 0) is 9.47 Å². The van der Waals surface area contributed by atoms with Crippen molar-refractivity contribution in [2.45, 2.75) is 103 Å². The summed E-state index contributed by atoms with van der Waals surface area (Å²) in [6, 6.07) is 0. The maximum Gasteiger partial charge on any atom is 0.171 e. The van der Waals surface area contributed by atoms with Gasteiger partial charge in [0.25, 0.3) is 0 Å². The van der Waals surface area contributed by atoms with Gasteiger partial charge in [0.15, 0.2) is 5.79 Å². The Hall–Kier alpha value is -0.460. The van der Waals surface area contributed by atoms with E-state index in [2.05, 4.69) is 20.8 Å². The molecule has 158 valence electrons. The third kappa shape index (κ3) is 5.77. The Morgan fingerprint density at radius 2 is 2.00 bits per heavy atom. The predicted octanol–water partition coefficient (Wildman–Crippen LogP) is 3.41. The Balaban J connectivity index is 2.05. The molecule has 2 rings (SSSR count). The summed E-state index contributed by atoms with van der Waals surface area (Å²) in [5.41, 5.74) is 0.838. The molecule has 5 heteroatoms. The largest absolute Gasteiger partial charge is 0.396 e. The van der Waals surface area contributed by atoms with Crippen molar-refractivity contribution in [2.24, 2.45) is 17.8 Å². The highest BCUT2D eigenvalue weighted by molar-refractivity contribution is 5.07. The molecule has 3 N–H and O–H groups in total. The number of rotatable bonds is 7. The molecule has 0 aromatic heterocycles. The molecule has 0 aromatic carbocycles. The van der Waals surface area contributed by atoms with E-state index in [1.54, 1.807) is 0 Å². The van der Waals surface area contributed by atoms with Gasteiger partial charge in [-0.05, 0) is 37.2 Å². The molecule has 0 bridgehead atoms. The van der Waals surface area contributed by atoms with Crippen LogP contribution in [0.4, 0.5) is 0 Å². The normalized spacial score (nSPS) is 38.6. The highest BCUT2D eigenvalue weighted by atomic mass is 16.7. The van der Waals surface area contributed by atoms with Crippen molar-refractivity contribution in [3.8, 4) is 0 Å². The minimum absolute atomic E-state index is 0.0445. The molecule has 2 heterocycles. The van der Waals surface area contributed by atoms with Crippen LogP contribution in [0.1, 0.15) is 73.1 Å². The number of hydrogen-bond acceptors (Lipinski definition) is 5. The Morgan fingerprint density at radius 3 is 2.63 bits per heavy atom. The van der Waals surface area contributed by atoms with Gasteiger partial charge >= 0.3 is 0 Å². The van der Waals surface area contributed by atoms with Gasteiger partial charge in [-0.1, -0.05) is 40.2 Å². The van der Waals surface area contributed by atoms with Crippen LogP contribution < -0.4 is 0 Å². The molecule has 27 heavy (non-hydrogen) atoms. The smallest absolute Gasteiger partial charge is 0.171 e. The minimum Gasteiger partial charge on any atom is -0.396 e. The molecule has 8 atom stereocenters. The van der Waals surface area contributed by atoms with Crippen molar-refractivity contribution in [2.75, 3.05) is 6.61 Å². The zero-order chi connectivity index (χ0) is 20.2. The van der Waals surface area contributed by atoms with E-state index >= 15 is 0 Å². The van der Waals surface area contributed by atoms with Gasteiger partial charge in [0.2, 0.25) is 0 Å². The zero-order valence-corrected chi connectivity index (χ0v) is 17.7. The highest BCUT2D eigenvalue weighted by Gasteiger charge is 2.47. The van der Waals surface area contributed by atoms with E-state index in [0.29, 0.717) is 31.1 Å². The molecule has 0 unspecified atom stereocenters. The van der Waals surface area contributed by atoms with E-state index < -0.39 is 18.0 Å². The van der Waals surface area contributed by atoms with E-state index in [0.717, 1.165) is 24.8 Å². The van der Waals surface area contributed by atoms with Gasteiger partial charge in [0.05, 0.1) is 24.4 Å². The van der Waals surface area contributed by atoms with E-state index in [1.807, 2.05) is 19.9 Å². The number of aliphatic hydroxyl groups is 3. The molecule has 0 aromatic rings. The van der Waals surface area contributed by atoms with Crippen LogP contribution >= 0.6 is 0 Å². The van der Waals surface area contributed by atoms with Gasteiger partial charge in [-0.3, -0.25) is 0 Å². The third-order valence-electron chi connectivity index (χ3n) is 6.56. The second-order valence-corrected chi connectivity index (χ2v) is 9.02. The molecule has 0 amide bonds. The fourth-order valence-electron chi connectivity index (χ4n) is 4.46. The summed E-state index contributed by atoms with van der Waals surface area (Å²) in [5.74, 6) is 0.103. The van der Waals surface area contributed by atoms with Crippen molar-refractivity contribution < 1.29 is 24.8 Å². The molecule has 2 fully saturated rings. The fraction of sp³-hybridized carbons (Fsp3) is 0.909. The molecule has 2 aliphatic heterocycles. The summed E-state index contributed by atoms with van der Waals surface area (Å²) < 4.78 is 12.9. The van der Waals surface area contributed by atoms with Crippen molar-refractivity contribution in [3.05, 3.63) is 11.6 Å². The number of hydrogen-bond donors (Lipinski definition) is 3. The lowest BCUT2D eigenvalue weighted by atomic mass is 9.81. The van der Waals surface area contributed by atoms with E-state index in [-0.39, 0.29) is 24.7 Å². The summed E-state index contributed by atoms with van der Waals surface area (Å²) in [6.45, 7) is 10.3. The first-order valence-corrected chi connectivity index (χ1v) is 10.7. The summed E-state index contributed by atoms with van der Waals surface area (Å²) in [6.07, 6.45) is 5.64. The van der Waals surface area contributed by atoms with Crippen LogP contribution in [0.3, 0.4) is 0 Å². The molecule has 0 saturated carbocycles. The molecule has 2 saturated heterocycles. The van der Waals surface area contributed by atoms with Crippen molar-refractivity contribution in [1.82, 2.24) is 0 Å². The predicted molar refractivity (Wildman–Crippen MR) is 106 cm³/mol. The summed E-state index contributed by atoms with van der Waals surface area (Å²) in [4.78, 5) is 0. The van der Waals surface area contributed by atoms with Crippen molar-refractivity contribution in [3.63, 3.8) is 0 Å². The molecule has 5 nitrogen and oxygen atoms in total. The van der Waals surface area contributed by atoms with E-state index in [4.69, 9.17) is 9.47 Å². The molecular weight excluding hydrogens is 344 g/mol. The fourth-order valence-corrected chi connectivity index (χ4v) is 4.46. The quantitative estimate of drug-likeness (QED) is 0.586. The van der Waals surface area contributed by atoms with Gasteiger partial charge in [-0.25, -0.2) is 0 Å². The lowest BCUT2D eigenvalue weighted by Crippen LogP contribution is -2.54. The SMILES string of the molecule is CC[C@H](C)[C@H]1O[C@]2(CC[C@@H]1C)C[C@@H](O)C[C@@H](C/C=C(\C)[C@@H](O)[C@@H](C)CO)O2. The number of aliphatic hydroxyl groups excluding tert-OH is 3. The Morgan fingerprint density at radius 1 is 1.30 bits per heavy atom. The lowest BCUT2D eigenvalue weighted by Gasteiger charge is -2.50. The van der Waals surface area contributed by atoms with Crippen molar-refractivity contribution >= 4 is 0 Å². The monoisotopic (exact) mass is 384 g/mol. The van der Waals surface area contributed by atoms with Gasteiger partial charge in [-0.2, -0.15) is 0 Å². The summed E-state index contributed by atoms with van der Waals surface area (Å²) in [7, 11) is 0. The summed E-state index contributed by atoms with van der Waals surface area (Å²) >= 11 is 0. The zero-order valence-electron chi connectivity index (χ0n) is 17.7. The van der Waals surface area contributed by atoms with Gasteiger partial charge < -0.3 is 24.8 Å². The van der Waals surface area contributed by atoms with Crippen LogP contribution in [0.15, 0.2) is 11.6 Å². The van der Waals surface area contributed by atoms with E-state index in [1.165, 1.54) is 0 Å². The molecule has 0 aliphatic carbocycles. The van der Waals surface area contributed by atoms with Crippen LogP contribution in [0.25, 0.3) is 0 Å². The second-order valence-electron chi connectivity index (χ2n) is 9.02. The lowest BCUT2D eigenvalue weighted by molar-refractivity contribution is -0.340. The van der Waals surface area contributed by atoms with Gasteiger partial charge in [-0.15, -0.1) is 0 Å². The Bertz CT molecular complexity index is 489. The number of ether oxygens (including phenoxy) is 2. The Kier molecular flexibility index (Phi) is 8.32. The first-order chi connectivity index (χ1) is 12.7. The van der Waals surface area contributed by atoms with Gasteiger partial charge in [0.1, 0.15) is 0 Å². The summed E-state index contributed by atoms with van der Waals surface area (Å²) in [5, 5.41) is 29.9. The first-order valence-electron chi connectivity index (χ1n) is 10.7. The molecule has 0 radical (unpaired) electrons. The van der Waals surface area contributed by atoms with E-state index in [9.17, 15) is 15.3 Å². The molecule has 1 spiro atoms. The third-order valence-corrected chi connectivity index (χ3v) is 6.56. The first kappa shape index (κ1) is 22.8. The standard InChI is InChI=1S/C22H40O5/c1-6-14(2)21-16(4)9-10-22(27-21)12-18(24)11-19(26-22)8-7-15(3)20(25)17(5)13-23/h7,14,16-21,23-25H,6,8-13H2,1-5H3/b15-7+/t14-,16-,17-,18-,19+,20+,21+,22+/m0/s1. The average Bonchev–Trinajstić information content (AvgIpc) is 2.65. The van der Waals surface area contributed by atoms with Crippen LogP contribution in [0.5, 0.6) is 0 Å². The maximum absolute atomic E-state index is 10.5. The van der Waals surface area contributed by atoms with Gasteiger partial charge in [0, 0.05) is 31.8 Å². The second kappa shape index (κ2) is 9.84. The highest BCUT2D eigenvalue weighted by Crippen LogP contribution is 2.43. The van der Waals surface area contributed by atoms with Crippen LogP contribution in [-0.4, -0.2) is 52.1 Å². The molecule has 2 aliphatic rings. The van der Waals surface area contributed by atoms with Crippen LogP contribution in [0.2, 0.25) is 0 Å². The minimum atomic E-state index is -0.679. The topological polar surface area (TPSA) is 79.2 Å².